The van der Waals surface area contributed by atoms with E-state index in [1.807, 2.05) is 49.5 Å². The zero-order valence-electron chi connectivity index (χ0n) is 14.0. The van der Waals surface area contributed by atoms with Gasteiger partial charge in [0.25, 0.3) is 5.91 Å². The lowest BCUT2D eigenvalue weighted by molar-refractivity contribution is 0.0951. The van der Waals surface area contributed by atoms with E-state index in [-0.39, 0.29) is 11.9 Å². The molecular weight excluding hydrogens is 288 g/mol. The molecule has 0 aliphatic heterocycles. The van der Waals surface area contributed by atoms with Gasteiger partial charge in [-0.1, -0.05) is 30.3 Å². The standard InChI is InChI=1S/C19H24N2O2/c1-15(21(2)18-10-5-4-6-11-18)13-20-19(22)17-9-7-8-16(12-17)14-23-3/h4-12,15H,13-14H2,1-3H3,(H,20,22). The average Bonchev–Trinajstić information content (AvgIpc) is 2.60. The van der Waals surface area contributed by atoms with Crippen LogP contribution >= 0.6 is 0 Å². The number of amides is 1. The Morgan fingerprint density at radius 1 is 1.17 bits per heavy atom. The highest BCUT2D eigenvalue weighted by Gasteiger charge is 2.12. The fourth-order valence-electron chi connectivity index (χ4n) is 2.37. The third kappa shape index (κ3) is 4.83. The molecule has 4 heteroatoms. The molecule has 0 bridgehead atoms. The van der Waals surface area contributed by atoms with Crippen molar-refractivity contribution in [3.8, 4) is 0 Å². The first-order valence-corrected chi connectivity index (χ1v) is 7.75. The van der Waals surface area contributed by atoms with Crippen molar-refractivity contribution in [1.82, 2.24) is 5.32 Å². The summed E-state index contributed by atoms with van der Waals surface area (Å²) in [6.07, 6.45) is 0. The molecule has 23 heavy (non-hydrogen) atoms. The van der Waals surface area contributed by atoms with Gasteiger partial charge in [0, 0.05) is 38.0 Å². The number of rotatable bonds is 7. The molecule has 0 saturated heterocycles. The fourth-order valence-corrected chi connectivity index (χ4v) is 2.37. The number of likely N-dealkylation sites (N-methyl/N-ethyl adjacent to an activating group) is 1. The predicted molar refractivity (Wildman–Crippen MR) is 93.8 cm³/mol. The topological polar surface area (TPSA) is 41.6 Å². The Labute approximate surface area is 138 Å². The fraction of sp³-hybridized carbons (Fsp3) is 0.316. The number of benzene rings is 2. The minimum atomic E-state index is -0.0590. The molecule has 1 amide bonds. The Balaban J connectivity index is 1.92. The van der Waals surface area contributed by atoms with E-state index in [0.29, 0.717) is 18.7 Å². The molecule has 1 atom stereocenters. The van der Waals surface area contributed by atoms with Crippen LogP contribution in [0.25, 0.3) is 0 Å². The van der Waals surface area contributed by atoms with Crippen LogP contribution in [0.1, 0.15) is 22.8 Å². The molecule has 2 rings (SSSR count). The molecule has 0 aliphatic rings. The largest absolute Gasteiger partial charge is 0.380 e. The summed E-state index contributed by atoms with van der Waals surface area (Å²) in [6.45, 7) is 3.18. The quantitative estimate of drug-likeness (QED) is 0.854. The zero-order valence-corrected chi connectivity index (χ0v) is 14.0. The molecule has 2 aromatic carbocycles. The van der Waals surface area contributed by atoms with E-state index in [4.69, 9.17) is 4.74 Å². The van der Waals surface area contributed by atoms with Gasteiger partial charge < -0.3 is 15.0 Å². The number of nitrogens with one attached hydrogen (secondary N) is 1. The number of ether oxygens (including phenoxy) is 1. The third-order valence-corrected chi connectivity index (χ3v) is 3.88. The summed E-state index contributed by atoms with van der Waals surface area (Å²) in [7, 11) is 3.68. The SMILES string of the molecule is COCc1cccc(C(=O)NCC(C)N(C)c2ccccc2)c1. The number of nitrogens with zero attached hydrogens (tertiary/aromatic N) is 1. The molecular formula is C19H24N2O2. The Hall–Kier alpha value is -2.33. The van der Waals surface area contributed by atoms with E-state index in [1.165, 1.54) is 0 Å². The number of para-hydroxylation sites is 1. The van der Waals surface area contributed by atoms with E-state index in [9.17, 15) is 4.79 Å². The molecule has 0 spiro atoms. The lowest BCUT2D eigenvalue weighted by Crippen LogP contribution is -2.40. The molecule has 0 heterocycles. The van der Waals surface area contributed by atoms with Crippen LogP contribution in [0.4, 0.5) is 5.69 Å². The van der Waals surface area contributed by atoms with Crippen molar-refractivity contribution in [1.29, 1.82) is 0 Å². The molecule has 1 unspecified atom stereocenters. The predicted octanol–water partition coefficient (Wildman–Crippen LogP) is 3.09. The highest BCUT2D eigenvalue weighted by atomic mass is 16.5. The lowest BCUT2D eigenvalue weighted by Gasteiger charge is -2.27. The van der Waals surface area contributed by atoms with Gasteiger partial charge in [0.15, 0.2) is 0 Å². The number of carbonyl (C=O) groups excluding carboxylic acids is 1. The summed E-state index contributed by atoms with van der Waals surface area (Å²) in [5, 5.41) is 3.00. The molecule has 0 saturated carbocycles. The number of anilines is 1. The van der Waals surface area contributed by atoms with Crippen molar-refractivity contribution in [2.24, 2.45) is 0 Å². The van der Waals surface area contributed by atoms with Crippen LogP contribution in [0.5, 0.6) is 0 Å². The smallest absolute Gasteiger partial charge is 0.251 e. The summed E-state index contributed by atoms with van der Waals surface area (Å²) in [5.41, 5.74) is 2.79. The minimum Gasteiger partial charge on any atom is -0.380 e. The van der Waals surface area contributed by atoms with E-state index in [2.05, 4.69) is 29.3 Å². The highest BCUT2D eigenvalue weighted by molar-refractivity contribution is 5.94. The van der Waals surface area contributed by atoms with Gasteiger partial charge >= 0.3 is 0 Å². The van der Waals surface area contributed by atoms with E-state index < -0.39 is 0 Å². The first-order valence-electron chi connectivity index (χ1n) is 7.75. The van der Waals surface area contributed by atoms with Gasteiger partial charge in [-0.2, -0.15) is 0 Å². The molecule has 122 valence electrons. The molecule has 2 aromatic rings. The summed E-state index contributed by atoms with van der Waals surface area (Å²) < 4.78 is 5.10. The Kier molecular flexibility index (Phi) is 6.18. The van der Waals surface area contributed by atoms with Gasteiger partial charge in [-0.05, 0) is 36.8 Å². The molecule has 4 nitrogen and oxygen atoms in total. The average molecular weight is 312 g/mol. The maximum atomic E-state index is 12.3. The van der Waals surface area contributed by atoms with Crippen molar-refractivity contribution < 1.29 is 9.53 Å². The van der Waals surface area contributed by atoms with Crippen molar-refractivity contribution in [2.45, 2.75) is 19.6 Å². The Morgan fingerprint density at radius 3 is 2.61 bits per heavy atom. The van der Waals surface area contributed by atoms with Gasteiger partial charge in [-0.15, -0.1) is 0 Å². The Bertz CT molecular complexity index is 628. The third-order valence-electron chi connectivity index (χ3n) is 3.88. The lowest BCUT2D eigenvalue weighted by atomic mass is 10.1. The first kappa shape index (κ1) is 17.0. The summed E-state index contributed by atoms with van der Waals surface area (Å²) >= 11 is 0. The van der Waals surface area contributed by atoms with Gasteiger partial charge in [0.1, 0.15) is 0 Å². The molecule has 0 aromatic heterocycles. The molecule has 0 fully saturated rings. The summed E-state index contributed by atoms with van der Waals surface area (Å²) in [6, 6.07) is 17.9. The summed E-state index contributed by atoms with van der Waals surface area (Å²) in [4.78, 5) is 14.4. The number of methoxy groups -OCH3 is 1. The van der Waals surface area contributed by atoms with Crippen LogP contribution in [0, 0.1) is 0 Å². The zero-order chi connectivity index (χ0) is 16.7. The van der Waals surface area contributed by atoms with Crippen molar-refractivity contribution in [3.05, 3.63) is 65.7 Å². The number of hydrogen-bond donors (Lipinski definition) is 1. The molecule has 0 radical (unpaired) electrons. The van der Waals surface area contributed by atoms with Crippen LogP contribution in [-0.4, -0.2) is 32.7 Å². The molecule has 1 N–H and O–H groups in total. The van der Waals surface area contributed by atoms with Gasteiger partial charge in [0.2, 0.25) is 0 Å². The monoisotopic (exact) mass is 312 g/mol. The second kappa shape index (κ2) is 8.34. The van der Waals surface area contributed by atoms with E-state index in [1.54, 1.807) is 7.11 Å². The second-order valence-corrected chi connectivity index (χ2v) is 5.64. The van der Waals surface area contributed by atoms with Crippen molar-refractivity contribution in [2.75, 3.05) is 25.6 Å². The van der Waals surface area contributed by atoms with Crippen LogP contribution in [0.2, 0.25) is 0 Å². The van der Waals surface area contributed by atoms with Crippen molar-refractivity contribution in [3.63, 3.8) is 0 Å². The van der Waals surface area contributed by atoms with Crippen LogP contribution < -0.4 is 10.2 Å². The van der Waals surface area contributed by atoms with Gasteiger partial charge in [-0.25, -0.2) is 0 Å². The number of carbonyl (C=O) groups is 1. The normalized spacial score (nSPS) is 11.8. The van der Waals surface area contributed by atoms with Crippen LogP contribution in [-0.2, 0) is 11.3 Å². The molecule has 0 aliphatic carbocycles. The van der Waals surface area contributed by atoms with Crippen LogP contribution in [0.3, 0.4) is 0 Å². The van der Waals surface area contributed by atoms with Crippen LogP contribution in [0.15, 0.2) is 54.6 Å². The first-order chi connectivity index (χ1) is 11.1. The minimum absolute atomic E-state index is 0.0590. The van der Waals surface area contributed by atoms with E-state index in [0.717, 1.165) is 11.3 Å². The van der Waals surface area contributed by atoms with Crippen molar-refractivity contribution >= 4 is 11.6 Å². The Morgan fingerprint density at radius 2 is 1.91 bits per heavy atom. The van der Waals surface area contributed by atoms with Gasteiger partial charge in [0.05, 0.1) is 6.61 Å². The summed E-state index contributed by atoms with van der Waals surface area (Å²) in [5.74, 6) is -0.0590. The highest BCUT2D eigenvalue weighted by Crippen LogP contribution is 2.13. The maximum Gasteiger partial charge on any atom is 0.251 e. The van der Waals surface area contributed by atoms with Gasteiger partial charge in [-0.3, -0.25) is 4.79 Å². The van der Waals surface area contributed by atoms with E-state index >= 15 is 0 Å². The maximum absolute atomic E-state index is 12.3. The second-order valence-electron chi connectivity index (χ2n) is 5.64. The number of hydrogen-bond acceptors (Lipinski definition) is 3.